The van der Waals surface area contributed by atoms with E-state index < -0.39 is 0 Å². The number of benzene rings is 2. The highest BCUT2D eigenvalue weighted by Gasteiger charge is 2.06. The van der Waals surface area contributed by atoms with Gasteiger partial charge in [-0.15, -0.1) is 0 Å². The number of carbonyl (C=O) groups excluding carboxylic acids is 1. The monoisotopic (exact) mass is 331 g/mol. The van der Waals surface area contributed by atoms with E-state index >= 15 is 0 Å². The summed E-state index contributed by atoms with van der Waals surface area (Å²) in [5.74, 6) is 0.791. The van der Waals surface area contributed by atoms with Crippen LogP contribution in [0.3, 0.4) is 0 Å². The Kier molecular flexibility index (Phi) is 4.94. The molecule has 0 aliphatic carbocycles. The zero-order valence-electron chi connectivity index (χ0n) is 14.7. The summed E-state index contributed by atoms with van der Waals surface area (Å²) in [5, 5.41) is 0. The molecule has 0 atom stereocenters. The SMILES string of the molecule is CC(=O)c1ccc(OCc2cncc(-c3cccc(C)c3C)c2)cc1. The molecule has 25 heavy (non-hydrogen) atoms. The summed E-state index contributed by atoms with van der Waals surface area (Å²) in [6.45, 7) is 6.24. The molecule has 2 aromatic carbocycles. The van der Waals surface area contributed by atoms with Crippen LogP contribution in [0.2, 0.25) is 0 Å². The number of hydrogen-bond acceptors (Lipinski definition) is 3. The van der Waals surface area contributed by atoms with E-state index in [1.165, 1.54) is 16.7 Å². The first-order chi connectivity index (χ1) is 12.0. The molecule has 0 radical (unpaired) electrons. The van der Waals surface area contributed by atoms with Gasteiger partial charge >= 0.3 is 0 Å². The lowest BCUT2D eigenvalue weighted by atomic mass is 9.97. The van der Waals surface area contributed by atoms with Crippen molar-refractivity contribution in [3.8, 4) is 16.9 Å². The van der Waals surface area contributed by atoms with Crippen LogP contribution in [0.25, 0.3) is 11.1 Å². The molecule has 0 saturated heterocycles. The van der Waals surface area contributed by atoms with E-state index in [1.54, 1.807) is 19.1 Å². The zero-order chi connectivity index (χ0) is 17.8. The second kappa shape index (κ2) is 7.31. The number of nitrogens with zero attached hydrogens (tertiary/aromatic N) is 1. The normalized spacial score (nSPS) is 10.5. The first-order valence-corrected chi connectivity index (χ1v) is 8.29. The fourth-order valence-corrected chi connectivity index (χ4v) is 2.73. The van der Waals surface area contributed by atoms with E-state index in [-0.39, 0.29) is 5.78 Å². The highest BCUT2D eigenvalue weighted by molar-refractivity contribution is 5.94. The molecular weight excluding hydrogens is 310 g/mol. The Labute approximate surface area is 148 Å². The van der Waals surface area contributed by atoms with Crippen molar-refractivity contribution in [2.24, 2.45) is 0 Å². The molecule has 0 bridgehead atoms. The standard InChI is InChI=1S/C22H21NO2/c1-15-5-4-6-22(16(15)2)20-11-18(12-23-13-20)14-25-21-9-7-19(8-10-21)17(3)24/h4-13H,14H2,1-3H3. The predicted octanol–water partition coefficient (Wildman–Crippen LogP) is 5.15. The van der Waals surface area contributed by atoms with Crippen molar-refractivity contribution in [1.82, 2.24) is 4.98 Å². The van der Waals surface area contributed by atoms with Gasteiger partial charge < -0.3 is 4.74 Å². The molecule has 3 nitrogen and oxygen atoms in total. The van der Waals surface area contributed by atoms with Crippen LogP contribution in [-0.4, -0.2) is 10.8 Å². The number of carbonyl (C=O) groups is 1. The maximum atomic E-state index is 11.3. The molecule has 126 valence electrons. The zero-order valence-corrected chi connectivity index (χ0v) is 14.7. The van der Waals surface area contributed by atoms with Crippen molar-refractivity contribution in [2.45, 2.75) is 27.4 Å². The minimum absolute atomic E-state index is 0.0528. The number of rotatable bonds is 5. The summed E-state index contributed by atoms with van der Waals surface area (Å²) in [5.41, 5.74) is 6.52. The van der Waals surface area contributed by atoms with Gasteiger partial charge in [0.1, 0.15) is 12.4 Å². The molecule has 0 amide bonds. The van der Waals surface area contributed by atoms with Crippen molar-refractivity contribution in [3.05, 3.63) is 83.2 Å². The van der Waals surface area contributed by atoms with E-state index in [0.29, 0.717) is 12.2 Å². The average Bonchev–Trinajstić information content (AvgIpc) is 2.63. The number of Topliss-reactive ketones (excluding diaryl/α,β-unsaturated/α-hetero) is 1. The molecule has 0 N–H and O–H groups in total. The van der Waals surface area contributed by atoms with Crippen LogP contribution in [0.15, 0.2) is 60.9 Å². The second-order valence-electron chi connectivity index (χ2n) is 6.20. The van der Waals surface area contributed by atoms with Gasteiger partial charge in [0.05, 0.1) is 0 Å². The van der Waals surface area contributed by atoms with E-state index in [4.69, 9.17) is 4.74 Å². The number of hydrogen-bond donors (Lipinski definition) is 0. The number of ketones is 1. The van der Waals surface area contributed by atoms with Crippen LogP contribution in [0.4, 0.5) is 0 Å². The summed E-state index contributed by atoms with van der Waals surface area (Å²) in [6, 6.07) is 15.6. The van der Waals surface area contributed by atoms with Crippen LogP contribution in [0.5, 0.6) is 5.75 Å². The topological polar surface area (TPSA) is 39.2 Å². The summed E-state index contributed by atoms with van der Waals surface area (Å²) < 4.78 is 5.82. The van der Waals surface area contributed by atoms with Crippen molar-refractivity contribution in [2.75, 3.05) is 0 Å². The van der Waals surface area contributed by atoms with E-state index in [1.807, 2.05) is 24.5 Å². The first-order valence-electron chi connectivity index (χ1n) is 8.29. The van der Waals surface area contributed by atoms with Gasteiger partial charge in [0.25, 0.3) is 0 Å². The summed E-state index contributed by atoms with van der Waals surface area (Å²) in [4.78, 5) is 15.7. The van der Waals surface area contributed by atoms with E-state index in [9.17, 15) is 4.79 Å². The number of ether oxygens (including phenoxy) is 1. The number of aryl methyl sites for hydroxylation is 1. The van der Waals surface area contributed by atoms with Gasteiger partial charge in [-0.05, 0) is 67.8 Å². The third-order valence-electron chi connectivity index (χ3n) is 4.38. The summed E-state index contributed by atoms with van der Waals surface area (Å²) in [6.07, 6.45) is 3.70. The molecule has 0 spiro atoms. The molecule has 3 rings (SSSR count). The smallest absolute Gasteiger partial charge is 0.159 e. The summed E-state index contributed by atoms with van der Waals surface area (Å²) >= 11 is 0. The van der Waals surface area contributed by atoms with Crippen LogP contribution in [0.1, 0.15) is 34.0 Å². The van der Waals surface area contributed by atoms with Crippen molar-refractivity contribution >= 4 is 5.78 Å². The van der Waals surface area contributed by atoms with E-state index in [0.717, 1.165) is 16.9 Å². The van der Waals surface area contributed by atoms with Crippen LogP contribution in [-0.2, 0) is 6.61 Å². The van der Waals surface area contributed by atoms with Gasteiger partial charge in [0, 0.05) is 29.1 Å². The molecule has 3 aromatic rings. The fourth-order valence-electron chi connectivity index (χ4n) is 2.73. The van der Waals surface area contributed by atoms with Gasteiger partial charge in [-0.1, -0.05) is 18.2 Å². The Bertz CT molecular complexity index is 898. The minimum atomic E-state index is 0.0528. The molecule has 0 unspecified atom stereocenters. The summed E-state index contributed by atoms with van der Waals surface area (Å²) in [7, 11) is 0. The lowest BCUT2D eigenvalue weighted by Gasteiger charge is -2.11. The highest BCUT2D eigenvalue weighted by atomic mass is 16.5. The lowest BCUT2D eigenvalue weighted by molar-refractivity contribution is 0.101. The maximum Gasteiger partial charge on any atom is 0.159 e. The molecule has 0 fully saturated rings. The average molecular weight is 331 g/mol. The largest absolute Gasteiger partial charge is 0.489 e. The first kappa shape index (κ1) is 16.9. The third kappa shape index (κ3) is 3.94. The van der Waals surface area contributed by atoms with Crippen molar-refractivity contribution < 1.29 is 9.53 Å². The minimum Gasteiger partial charge on any atom is -0.489 e. The van der Waals surface area contributed by atoms with Crippen LogP contribution < -0.4 is 4.74 Å². The third-order valence-corrected chi connectivity index (χ3v) is 4.38. The molecule has 0 aliphatic heterocycles. The maximum absolute atomic E-state index is 11.3. The molecule has 1 heterocycles. The van der Waals surface area contributed by atoms with Gasteiger partial charge in [-0.2, -0.15) is 0 Å². The van der Waals surface area contributed by atoms with Crippen molar-refractivity contribution in [3.63, 3.8) is 0 Å². The highest BCUT2D eigenvalue weighted by Crippen LogP contribution is 2.25. The Hall–Kier alpha value is -2.94. The Morgan fingerprint density at radius 2 is 1.80 bits per heavy atom. The predicted molar refractivity (Wildman–Crippen MR) is 99.9 cm³/mol. The molecular formula is C22H21NO2. The Morgan fingerprint density at radius 1 is 1.04 bits per heavy atom. The quantitative estimate of drug-likeness (QED) is 0.607. The van der Waals surface area contributed by atoms with Gasteiger partial charge in [0.15, 0.2) is 5.78 Å². The van der Waals surface area contributed by atoms with Gasteiger partial charge in [-0.3, -0.25) is 9.78 Å². The van der Waals surface area contributed by atoms with Crippen molar-refractivity contribution in [1.29, 1.82) is 0 Å². The lowest BCUT2D eigenvalue weighted by Crippen LogP contribution is -1.98. The Morgan fingerprint density at radius 3 is 2.52 bits per heavy atom. The molecule has 0 aliphatic rings. The Balaban J connectivity index is 1.76. The number of aromatic nitrogens is 1. The van der Waals surface area contributed by atoms with Crippen LogP contribution in [0, 0.1) is 13.8 Å². The van der Waals surface area contributed by atoms with Gasteiger partial charge in [-0.25, -0.2) is 0 Å². The van der Waals surface area contributed by atoms with E-state index in [2.05, 4.69) is 43.1 Å². The molecule has 1 aromatic heterocycles. The molecule has 3 heteroatoms. The number of pyridine rings is 1. The second-order valence-corrected chi connectivity index (χ2v) is 6.20. The van der Waals surface area contributed by atoms with Crippen LogP contribution >= 0.6 is 0 Å². The molecule has 0 saturated carbocycles. The van der Waals surface area contributed by atoms with Gasteiger partial charge in [0.2, 0.25) is 0 Å². The fraction of sp³-hybridized carbons (Fsp3) is 0.182.